The molecule has 2 amide bonds. The second-order valence-electron chi connectivity index (χ2n) is 6.40. The molecule has 0 aromatic heterocycles. The number of carbonyl (C=O) groups excluding carboxylic acids is 2. The number of methoxy groups -OCH3 is 1. The molecular weight excluding hydrogens is 402 g/mol. The first-order valence-electron chi connectivity index (χ1n) is 9.77. The van der Waals surface area contributed by atoms with Gasteiger partial charge in [0.2, 0.25) is 0 Å². The minimum absolute atomic E-state index is 0.0838. The third-order valence-electron chi connectivity index (χ3n) is 4.13. The lowest BCUT2D eigenvalue weighted by molar-refractivity contribution is 0.0936. The maximum absolute atomic E-state index is 12.7. The van der Waals surface area contributed by atoms with E-state index in [0.717, 1.165) is 12.8 Å². The highest BCUT2D eigenvalue weighted by Gasteiger charge is 2.16. The molecule has 0 fully saturated rings. The van der Waals surface area contributed by atoms with Gasteiger partial charge in [-0.3, -0.25) is 14.9 Å². The third kappa shape index (κ3) is 7.13. The summed E-state index contributed by atoms with van der Waals surface area (Å²) in [4.78, 5) is 25.1. The standard InChI is InChI=1S/C22H27N3O4S/c1-3-4-14-29-19-12-8-6-10-17(19)21(27)25-22(30)24-18-11-7-5-9-16(18)20(26)23-13-15-28-2/h5-12H,3-4,13-15H2,1-2H3,(H,23,26)(H2,24,25,27,30). The molecule has 8 heteroatoms. The van der Waals surface area contributed by atoms with E-state index >= 15 is 0 Å². The monoisotopic (exact) mass is 429 g/mol. The van der Waals surface area contributed by atoms with Crippen LogP contribution in [0.15, 0.2) is 48.5 Å². The molecule has 2 rings (SSSR count). The Labute approximate surface area is 182 Å². The first-order chi connectivity index (χ1) is 14.6. The summed E-state index contributed by atoms with van der Waals surface area (Å²) in [6.07, 6.45) is 1.90. The summed E-state index contributed by atoms with van der Waals surface area (Å²) in [7, 11) is 1.57. The Morgan fingerprint density at radius 3 is 2.40 bits per heavy atom. The number of amides is 2. The van der Waals surface area contributed by atoms with Crippen molar-refractivity contribution in [3.05, 3.63) is 59.7 Å². The number of anilines is 1. The zero-order valence-corrected chi connectivity index (χ0v) is 18.0. The van der Waals surface area contributed by atoms with Crippen LogP contribution in [-0.4, -0.2) is 43.8 Å². The van der Waals surface area contributed by atoms with Crippen molar-refractivity contribution >= 4 is 34.8 Å². The van der Waals surface area contributed by atoms with Gasteiger partial charge in [0.1, 0.15) is 5.75 Å². The van der Waals surface area contributed by atoms with Crippen molar-refractivity contribution in [3.8, 4) is 5.75 Å². The quantitative estimate of drug-likeness (QED) is 0.396. The van der Waals surface area contributed by atoms with E-state index in [2.05, 4.69) is 22.9 Å². The molecule has 0 bridgehead atoms. The van der Waals surface area contributed by atoms with E-state index in [9.17, 15) is 9.59 Å². The normalized spacial score (nSPS) is 10.2. The molecule has 7 nitrogen and oxygen atoms in total. The summed E-state index contributed by atoms with van der Waals surface area (Å²) in [6.45, 7) is 3.41. The van der Waals surface area contributed by atoms with Crippen molar-refractivity contribution in [2.24, 2.45) is 0 Å². The lowest BCUT2D eigenvalue weighted by atomic mass is 10.1. The molecular formula is C22H27N3O4S. The number of rotatable bonds is 10. The fourth-order valence-electron chi connectivity index (χ4n) is 2.58. The number of para-hydroxylation sites is 2. The van der Waals surface area contributed by atoms with Gasteiger partial charge in [-0.2, -0.15) is 0 Å². The topological polar surface area (TPSA) is 88.7 Å². The summed E-state index contributed by atoms with van der Waals surface area (Å²) in [5, 5.41) is 8.41. The molecule has 3 N–H and O–H groups in total. The summed E-state index contributed by atoms with van der Waals surface area (Å²) in [5.41, 5.74) is 1.29. The minimum Gasteiger partial charge on any atom is -0.493 e. The van der Waals surface area contributed by atoms with Gasteiger partial charge in [0.15, 0.2) is 5.11 Å². The van der Waals surface area contributed by atoms with Crippen molar-refractivity contribution in [2.45, 2.75) is 19.8 Å². The second-order valence-corrected chi connectivity index (χ2v) is 6.81. The van der Waals surface area contributed by atoms with Gasteiger partial charge in [-0.1, -0.05) is 37.6 Å². The van der Waals surface area contributed by atoms with Gasteiger partial charge in [-0.05, 0) is 42.9 Å². The van der Waals surface area contributed by atoms with E-state index in [1.807, 2.05) is 6.07 Å². The van der Waals surface area contributed by atoms with E-state index in [1.54, 1.807) is 49.6 Å². The Kier molecular flexibility index (Phi) is 9.76. The summed E-state index contributed by atoms with van der Waals surface area (Å²) in [6, 6.07) is 13.9. The Morgan fingerprint density at radius 1 is 0.967 bits per heavy atom. The molecule has 2 aromatic rings. The van der Waals surface area contributed by atoms with Crippen LogP contribution < -0.4 is 20.7 Å². The van der Waals surface area contributed by atoms with Crippen LogP contribution in [0.3, 0.4) is 0 Å². The molecule has 0 radical (unpaired) electrons. The van der Waals surface area contributed by atoms with Crippen molar-refractivity contribution in [1.29, 1.82) is 0 Å². The molecule has 0 aliphatic carbocycles. The highest BCUT2D eigenvalue weighted by Crippen LogP contribution is 2.19. The first-order valence-corrected chi connectivity index (χ1v) is 10.2. The van der Waals surface area contributed by atoms with Crippen LogP contribution in [0.5, 0.6) is 5.75 Å². The molecule has 160 valence electrons. The molecule has 2 aromatic carbocycles. The largest absolute Gasteiger partial charge is 0.493 e. The van der Waals surface area contributed by atoms with Crippen LogP contribution in [0.1, 0.15) is 40.5 Å². The van der Waals surface area contributed by atoms with Crippen LogP contribution in [0, 0.1) is 0 Å². The van der Waals surface area contributed by atoms with Crippen LogP contribution in [0.2, 0.25) is 0 Å². The average Bonchev–Trinajstić information content (AvgIpc) is 2.74. The van der Waals surface area contributed by atoms with Crippen LogP contribution in [0.4, 0.5) is 5.69 Å². The van der Waals surface area contributed by atoms with Gasteiger partial charge < -0.3 is 20.1 Å². The number of hydrogen-bond donors (Lipinski definition) is 3. The zero-order chi connectivity index (χ0) is 21.8. The first kappa shape index (κ1) is 23.3. The lowest BCUT2D eigenvalue weighted by Gasteiger charge is -2.15. The molecule has 0 aliphatic heterocycles. The number of hydrogen-bond acceptors (Lipinski definition) is 5. The van der Waals surface area contributed by atoms with E-state index in [0.29, 0.717) is 42.3 Å². The lowest BCUT2D eigenvalue weighted by Crippen LogP contribution is -2.35. The third-order valence-corrected chi connectivity index (χ3v) is 4.33. The molecule has 0 saturated carbocycles. The molecule has 0 aliphatic rings. The number of unbranched alkanes of at least 4 members (excludes halogenated alkanes) is 1. The van der Waals surface area contributed by atoms with Crippen molar-refractivity contribution in [1.82, 2.24) is 10.6 Å². The highest BCUT2D eigenvalue weighted by molar-refractivity contribution is 7.80. The smallest absolute Gasteiger partial charge is 0.261 e. The molecule has 0 spiro atoms. The van der Waals surface area contributed by atoms with Gasteiger partial charge >= 0.3 is 0 Å². The Balaban J connectivity index is 2.03. The Bertz CT molecular complexity index is 873. The molecule has 0 unspecified atom stereocenters. The zero-order valence-electron chi connectivity index (χ0n) is 17.2. The summed E-state index contributed by atoms with van der Waals surface area (Å²) >= 11 is 5.28. The fourth-order valence-corrected chi connectivity index (χ4v) is 2.79. The summed E-state index contributed by atoms with van der Waals surface area (Å²) < 4.78 is 10.6. The predicted molar refractivity (Wildman–Crippen MR) is 121 cm³/mol. The van der Waals surface area contributed by atoms with Gasteiger partial charge in [-0.15, -0.1) is 0 Å². The number of ether oxygens (including phenoxy) is 2. The number of carbonyl (C=O) groups is 2. The van der Waals surface area contributed by atoms with Crippen LogP contribution >= 0.6 is 12.2 Å². The van der Waals surface area contributed by atoms with Gasteiger partial charge in [0.25, 0.3) is 11.8 Å². The fraction of sp³-hybridized carbons (Fsp3) is 0.318. The van der Waals surface area contributed by atoms with Gasteiger partial charge in [-0.25, -0.2) is 0 Å². The molecule has 0 heterocycles. The van der Waals surface area contributed by atoms with E-state index in [1.165, 1.54) is 0 Å². The maximum atomic E-state index is 12.7. The van der Waals surface area contributed by atoms with Gasteiger partial charge in [0, 0.05) is 13.7 Å². The van der Waals surface area contributed by atoms with Crippen LogP contribution in [-0.2, 0) is 4.74 Å². The average molecular weight is 430 g/mol. The number of thiocarbonyl (C=S) groups is 1. The maximum Gasteiger partial charge on any atom is 0.261 e. The van der Waals surface area contributed by atoms with E-state index in [-0.39, 0.29) is 16.9 Å². The van der Waals surface area contributed by atoms with E-state index in [4.69, 9.17) is 21.7 Å². The number of nitrogens with one attached hydrogen (secondary N) is 3. The minimum atomic E-state index is -0.387. The Morgan fingerprint density at radius 2 is 1.67 bits per heavy atom. The molecule has 0 saturated heterocycles. The molecule has 0 atom stereocenters. The van der Waals surface area contributed by atoms with Gasteiger partial charge in [0.05, 0.1) is 30.0 Å². The van der Waals surface area contributed by atoms with Crippen molar-refractivity contribution < 1.29 is 19.1 Å². The number of benzene rings is 2. The van der Waals surface area contributed by atoms with Crippen molar-refractivity contribution in [3.63, 3.8) is 0 Å². The van der Waals surface area contributed by atoms with E-state index < -0.39 is 0 Å². The predicted octanol–water partition coefficient (Wildman–Crippen LogP) is 3.37. The SMILES string of the molecule is CCCCOc1ccccc1C(=O)NC(=S)Nc1ccccc1C(=O)NCCOC. The summed E-state index contributed by atoms with van der Waals surface area (Å²) in [5.74, 6) is -0.148. The van der Waals surface area contributed by atoms with Crippen LogP contribution in [0.25, 0.3) is 0 Å². The van der Waals surface area contributed by atoms with Crippen molar-refractivity contribution in [2.75, 3.05) is 32.2 Å². The highest BCUT2D eigenvalue weighted by atomic mass is 32.1. The second kappa shape index (κ2) is 12.6. The Hall–Kier alpha value is -2.97. The molecule has 30 heavy (non-hydrogen) atoms.